The first-order chi connectivity index (χ1) is 12.5. The number of amides is 1. The third-order valence-electron chi connectivity index (χ3n) is 4.07. The van der Waals surface area contributed by atoms with Crippen LogP contribution in [0.4, 0.5) is 0 Å². The number of hydrogen-bond acceptors (Lipinski definition) is 4. The molecule has 1 N–H and O–H groups in total. The van der Waals surface area contributed by atoms with Crippen LogP contribution < -0.4 is 5.32 Å². The van der Waals surface area contributed by atoms with Gasteiger partial charge in [-0.05, 0) is 43.3 Å². The van der Waals surface area contributed by atoms with Crippen LogP contribution >= 0.6 is 0 Å². The highest BCUT2D eigenvalue weighted by Crippen LogP contribution is 2.29. The molecule has 0 saturated carbocycles. The average Bonchev–Trinajstić information content (AvgIpc) is 3.17. The summed E-state index contributed by atoms with van der Waals surface area (Å²) in [6.45, 7) is 1.80. The van der Waals surface area contributed by atoms with Gasteiger partial charge in [0.05, 0.1) is 11.2 Å². The van der Waals surface area contributed by atoms with Gasteiger partial charge in [0.2, 0.25) is 0 Å². The molecule has 134 valence electrons. The molecule has 1 heterocycles. The summed E-state index contributed by atoms with van der Waals surface area (Å²) in [5, 5.41) is 1.69. The number of carbonyl (C=O) groups excluding carboxylic acids is 1. The largest absolute Gasteiger partial charge is 0.468 e. The number of hydrogen-bond donors (Lipinski definition) is 1. The van der Waals surface area contributed by atoms with Crippen LogP contribution in [0, 0.1) is 6.92 Å². The maximum absolute atomic E-state index is 13.1. The van der Waals surface area contributed by atoms with Gasteiger partial charge in [-0.3, -0.25) is 4.79 Å². The molecule has 26 heavy (non-hydrogen) atoms. The second-order valence-corrected chi connectivity index (χ2v) is 8.07. The Hall–Kier alpha value is -2.86. The zero-order chi connectivity index (χ0) is 18.6. The fraction of sp³-hybridized carbons (Fsp3) is 0.150. The van der Waals surface area contributed by atoms with Crippen LogP contribution in [-0.2, 0) is 9.84 Å². The minimum Gasteiger partial charge on any atom is -0.468 e. The van der Waals surface area contributed by atoms with Crippen molar-refractivity contribution in [1.82, 2.24) is 5.32 Å². The van der Waals surface area contributed by atoms with Crippen molar-refractivity contribution in [2.75, 3.05) is 6.54 Å². The lowest BCUT2D eigenvalue weighted by Gasteiger charge is -2.17. The van der Waals surface area contributed by atoms with Crippen molar-refractivity contribution in [3.8, 4) is 0 Å². The molecule has 0 aliphatic rings. The molecule has 0 aliphatic carbocycles. The summed E-state index contributed by atoms with van der Waals surface area (Å²) in [7, 11) is -3.73. The molecule has 1 amide bonds. The summed E-state index contributed by atoms with van der Waals surface area (Å²) >= 11 is 0. The van der Waals surface area contributed by atoms with Gasteiger partial charge in [-0.25, -0.2) is 8.42 Å². The maximum Gasteiger partial charge on any atom is 0.251 e. The smallest absolute Gasteiger partial charge is 0.251 e. The highest BCUT2D eigenvalue weighted by atomic mass is 32.2. The van der Waals surface area contributed by atoms with E-state index < -0.39 is 15.1 Å². The fourth-order valence-electron chi connectivity index (χ4n) is 2.61. The Bertz CT molecular complexity index is 962. The number of aryl methyl sites for hydroxylation is 1. The van der Waals surface area contributed by atoms with Crippen molar-refractivity contribution >= 4 is 15.7 Å². The Morgan fingerprint density at radius 1 is 1.00 bits per heavy atom. The van der Waals surface area contributed by atoms with Crippen molar-refractivity contribution in [3.63, 3.8) is 0 Å². The predicted molar refractivity (Wildman–Crippen MR) is 98.6 cm³/mol. The zero-order valence-corrected chi connectivity index (χ0v) is 15.1. The highest BCUT2D eigenvalue weighted by Gasteiger charge is 2.31. The van der Waals surface area contributed by atoms with E-state index in [2.05, 4.69) is 5.32 Å². The highest BCUT2D eigenvalue weighted by molar-refractivity contribution is 7.91. The van der Waals surface area contributed by atoms with E-state index in [1.165, 1.54) is 6.26 Å². The minimum atomic E-state index is -3.73. The fourth-order valence-corrected chi connectivity index (χ4v) is 4.19. The average molecular weight is 369 g/mol. The molecule has 1 atom stereocenters. The number of benzene rings is 2. The van der Waals surface area contributed by atoms with E-state index >= 15 is 0 Å². The Morgan fingerprint density at radius 3 is 2.31 bits per heavy atom. The molecule has 1 aromatic heterocycles. The molecule has 2 aromatic carbocycles. The molecular formula is C20H19NO4S. The lowest BCUT2D eigenvalue weighted by molar-refractivity contribution is 0.0953. The van der Waals surface area contributed by atoms with E-state index in [0.29, 0.717) is 11.3 Å². The summed E-state index contributed by atoms with van der Waals surface area (Å²) in [5.41, 5.74) is 1.44. The molecule has 3 aromatic rings. The van der Waals surface area contributed by atoms with E-state index in [1.54, 1.807) is 60.7 Å². The second kappa shape index (κ2) is 7.58. The van der Waals surface area contributed by atoms with Crippen molar-refractivity contribution in [1.29, 1.82) is 0 Å². The Kier molecular flexibility index (Phi) is 5.23. The van der Waals surface area contributed by atoms with E-state index in [4.69, 9.17) is 4.42 Å². The van der Waals surface area contributed by atoms with Gasteiger partial charge >= 0.3 is 0 Å². The van der Waals surface area contributed by atoms with Crippen molar-refractivity contribution in [2.45, 2.75) is 17.1 Å². The first-order valence-electron chi connectivity index (χ1n) is 8.15. The van der Waals surface area contributed by atoms with Crippen LogP contribution in [0.1, 0.15) is 26.9 Å². The quantitative estimate of drug-likeness (QED) is 0.721. The lowest BCUT2D eigenvalue weighted by Crippen LogP contribution is -2.31. The summed E-state index contributed by atoms with van der Waals surface area (Å²) in [6, 6.07) is 18.5. The van der Waals surface area contributed by atoms with Gasteiger partial charge in [-0.15, -0.1) is 0 Å². The molecule has 3 rings (SSSR count). The third-order valence-corrected chi connectivity index (χ3v) is 6.15. The van der Waals surface area contributed by atoms with Crippen LogP contribution in [-0.4, -0.2) is 20.9 Å². The molecular weight excluding hydrogens is 350 g/mol. The summed E-state index contributed by atoms with van der Waals surface area (Å²) in [5.74, 6) is -0.0415. The van der Waals surface area contributed by atoms with E-state index in [9.17, 15) is 13.2 Å². The van der Waals surface area contributed by atoms with Crippen molar-refractivity contribution in [2.24, 2.45) is 0 Å². The Morgan fingerprint density at radius 2 is 1.69 bits per heavy atom. The Labute approximate surface area is 152 Å². The molecule has 0 spiro atoms. The SMILES string of the molecule is Cc1ccc(S(=O)(=O)[C@@H](CNC(=O)c2ccccc2)c2ccco2)cc1. The number of sulfone groups is 1. The van der Waals surface area contributed by atoms with Crippen LogP contribution in [0.2, 0.25) is 0 Å². The number of furan rings is 1. The van der Waals surface area contributed by atoms with E-state index in [0.717, 1.165) is 5.56 Å². The first-order valence-corrected chi connectivity index (χ1v) is 9.70. The van der Waals surface area contributed by atoms with Gasteiger partial charge in [0.25, 0.3) is 5.91 Å². The third kappa shape index (κ3) is 3.86. The van der Waals surface area contributed by atoms with Gasteiger partial charge < -0.3 is 9.73 Å². The molecule has 0 saturated heterocycles. The van der Waals surface area contributed by atoms with Crippen LogP contribution in [0.5, 0.6) is 0 Å². The Balaban J connectivity index is 1.86. The molecule has 0 radical (unpaired) electrons. The molecule has 0 bridgehead atoms. The minimum absolute atomic E-state index is 0.0859. The first kappa shape index (κ1) is 17.9. The van der Waals surface area contributed by atoms with Gasteiger partial charge in [-0.2, -0.15) is 0 Å². The van der Waals surface area contributed by atoms with Gasteiger partial charge in [0, 0.05) is 12.1 Å². The van der Waals surface area contributed by atoms with Crippen LogP contribution in [0.3, 0.4) is 0 Å². The van der Waals surface area contributed by atoms with E-state index in [1.807, 2.05) is 13.0 Å². The predicted octanol–water partition coefficient (Wildman–Crippen LogP) is 3.53. The number of carbonyl (C=O) groups is 1. The summed E-state index contributed by atoms with van der Waals surface area (Å²) < 4.78 is 31.5. The molecule has 6 heteroatoms. The normalized spacial score (nSPS) is 12.5. The molecule has 5 nitrogen and oxygen atoms in total. The second-order valence-electron chi connectivity index (χ2n) is 5.94. The summed E-state index contributed by atoms with van der Waals surface area (Å²) in [6.07, 6.45) is 1.42. The topological polar surface area (TPSA) is 76.4 Å². The monoisotopic (exact) mass is 369 g/mol. The van der Waals surface area contributed by atoms with Crippen molar-refractivity contribution in [3.05, 3.63) is 89.9 Å². The molecule has 0 aliphatic heterocycles. The zero-order valence-electron chi connectivity index (χ0n) is 14.3. The van der Waals surface area contributed by atoms with Crippen LogP contribution in [0.15, 0.2) is 82.3 Å². The van der Waals surface area contributed by atoms with Gasteiger partial charge in [0.1, 0.15) is 11.0 Å². The molecule has 0 unspecified atom stereocenters. The van der Waals surface area contributed by atoms with Crippen LogP contribution in [0.25, 0.3) is 0 Å². The molecule has 0 fully saturated rings. The summed E-state index contributed by atoms with van der Waals surface area (Å²) in [4.78, 5) is 12.5. The van der Waals surface area contributed by atoms with Crippen molar-refractivity contribution < 1.29 is 17.6 Å². The van der Waals surface area contributed by atoms with Gasteiger partial charge in [-0.1, -0.05) is 35.9 Å². The van der Waals surface area contributed by atoms with E-state index in [-0.39, 0.29) is 17.3 Å². The maximum atomic E-state index is 13.1. The lowest BCUT2D eigenvalue weighted by atomic mass is 10.2. The number of rotatable bonds is 6. The van der Waals surface area contributed by atoms with Gasteiger partial charge in [0.15, 0.2) is 9.84 Å². The number of nitrogens with one attached hydrogen (secondary N) is 1. The standard InChI is InChI=1S/C20H19NO4S/c1-15-9-11-17(12-10-15)26(23,24)19(18-8-5-13-25-18)14-21-20(22)16-6-3-2-4-7-16/h2-13,19H,14H2,1H3,(H,21,22)/t19-/m0/s1.